The number of aliphatic hydroxyl groups is 1. The Morgan fingerprint density at radius 2 is 1.96 bits per heavy atom. The smallest absolute Gasteiger partial charge is 0.262 e. The second-order valence-electron chi connectivity index (χ2n) is 7.22. The van der Waals surface area contributed by atoms with Gasteiger partial charge in [0.25, 0.3) is 5.91 Å². The van der Waals surface area contributed by atoms with Crippen LogP contribution in [0.15, 0.2) is 42.5 Å². The second kappa shape index (κ2) is 8.63. The first kappa shape index (κ1) is 18.8. The number of fused-ring (bicyclic) bond motifs is 1. The number of carbonyl (C=O) groups excluding carboxylic acids is 1. The fourth-order valence-electron chi connectivity index (χ4n) is 3.84. The summed E-state index contributed by atoms with van der Waals surface area (Å²) in [7, 11) is 0. The number of nitrogens with zero attached hydrogens (tertiary/aromatic N) is 1. The van der Waals surface area contributed by atoms with Gasteiger partial charge in [-0.2, -0.15) is 0 Å². The first-order valence-electron chi connectivity index (χ1n) is 9.86. The molecule has 2 N–H and O–H groups in total. The van der Waals surface area contributed by atoms with E-state index in [9.17, 15) is 9.90 Å². The molecule has 0 aromatic heterocycles. The molecule has 148 valence electrons. The summed E-state index contributed by atoms with van der Waals surface area (Å²) in [4.78, 5) is 14.6. The average Bonchev–Trinajstić information content (AvgIpc) is 2.74. The third-order valence-corrected chi connectivity index (χ3v) is 5.32. The van der Waals surface area contributed by atoms with Gasteiger partial charge in [0, 0.05) is 24.5 Å². The molecule has 1 aliphatic carbocycles. The van der Waals surface area contributed by atoms with Crippen molar-refractivity contribution in [3.05, 3.63) is 53.6 Å². The maximum atomic E-state index is 12.3. The highest BCUT2D eigenvalue weighted by atomic mass is 16.5. The number of amides is 1. The fraction of sp³-hybridized carbons (Fsp3) is 0.409. The molecule has 1 heterocycles. The molecule has 6 nitrogen and oxygen atoms in total. The Morgan fingerprint density at radius 1 is 1.18 bits per heavy atom. The van der Waals surface area contributed by atoms with E-state index in [1.807, 2.05) is 42.5 Å². The number of carbonyl (C=O) groups is 1. The minimum atomic E-state index is -0.439. The van der Waals surface area contributed by atoms with Crippen molar-refractivity contribution < 1.29 is 19.4 Å². The van der Waals surface area contributed by atoms with Crippen molar-refractivity contribution >= 4 is 17.3 Å². The Balaban J connectivity index is 1.33. The van der Waals surface area contributed by atoms with E-state index in [1.165, 1.54) is 0 Å². The summed E-state index contributed by atoms with van der Waals surface area (Å²) >= 11 is 0. The van der Waals surface area contributed by atoms with Crippen LogP contribution in [0.3, 0.4) is 0 Å². The number of anilines is 2. The molecule has 1 aliphatic heterocycles. The van der Waals surface area contributed by atoms with Crippen LogP contribution >= 0.6 is 0 Å². The quantitative estimate of drug-likeness (QED) is 0.832. The van der Waals surface area contributed by atoms with Gasteiger partial charge in [0.15, 0.2) is 6.61 Å². The van der Waals surface area contributed by atoms with Crippen molar-refractivity contribution in [2.75, 3.05) is 43.1 Å². The molecule has 1 amide bonds. The lowest BCUT2D eigenvalue weighted by Crippen LogP contribution is -2.36. The van der Waals surface area contributed by atoms with Crippen LogP contribution in [0.25, 0.3) is 0 Å². The minimum Gasteiger partial charge on any atom is -0.483 e. The topological polar surface area (TPSA) is 71.0 Å². The number of benzene rings is 2. The number of aliphatic hydroxyl groups excluding tert-OH is 1. The highest BCUT2D eigenvalue weighted by Gasteiger charge is 2.21. The average molecular weight is 382 g/mol. The third kappa shape index (κ3) is 4.29. The lowest BCUT2D eigenvalue weighted by atomic mass is 9.89. The molecule has 2 aromatic rings. The van der Waals surface area contributed by atoms with E-state index < -0.39 is 6.10 Å². The first-order chi connectivity index (χ1) is 13.7. The molecule has 4 rings (SSSR count). The Labute approximate surface area is 165 Å². The zero-order chi connectivity index (χ0) is 19.3. The van der Waals surface area contributed by atoms with Crippen LogP contribution < -0.4 is 15.0 Å². The van der Waals surface area contributed by atoms with Gasteiger partial charge in [-0.15, -0.1) is 0 Å². The van der Waals surface area contributed by atoms with E-state index in [0.717, 1.165) is 68.1 Å². The summed E-state index contributed by atoms with van der Waals surface area (Å²) in [6.07, 6.45) is 2.13. The molecule has 1 fully saturated rings. The zero-order valence-corrected chi connectivity index (χ0v) is 15.9. The minimum absolute atomic E-state index is 0.0578. The van der Waals surface area contributed by atoms with Gasteiger partial charge in [-0.1, -0.05) is 12.1 Å². The first-order valence-corrected chi connectivity index (χ1v) is 9.86. The Kier molecular flexibility index (Phi) is 5.78. The molecular formula is C22H26N2O4. The molecule has 2 aliphatic rings. The van der Waals surface area contributed by atoms with Crippen LogP contribution in [0, 0.1) is 0 Å². The molecular weight excluding hydrogens is 356 g/mol. The maximum absolute atomic E-state index is 12.3. The van der Waals surface area contributed by atoms with E-state index >= 15 is 0 Å². The number of nitrogens with one attached hydrogen (secondary N) is 1. The molecule has 1 atom stereocenters. The van der Waals surface area contributed by atoms with Crippen molar-refractivity contribution in [1.29, 1.82) is 0 Å². The lowest BCUT2D eigenvalue weighted by molar-refractivity contribution is -0.118. The van der Waals surface area contributed by atoms with E-state index in [0.29, 0.717) is 5.75 Å². The van der Waals surface area contributed by atoms with E-state index in [4.69, 9.17) is 9.47 Å². The molecule has 0 radical (unpaired) electrons. The van der Waals surface area contributed by atoms with Crippen molar-refractivity contribution in [2.45, 2.75) is 25.4 Å². The predicted octanol–water partition coefficient (Wildman–Crippen LogP) is 2.91. The summed E-state index contributed by atoms with van der Waals surface area (Å²) in [5, 5.41) is 13.0. The van der Waals surface area contributed by atoms with Gasteiger partial charge in [0.1, 0.15) is 5.75 Å². The Morgan fingerprint density at radius 3 is 2.75 bits per heavy atom. The summed E-state index contributed by atoms with van der Waals surface area (Å²) in [5.41, 5.74) is 3.81. The van der Waals surface area contributed by atoms with Crippen LogP contribution in [-0.4, -0.2) is 43.9 Å². The Hall–Kier alpha value is -2.57. The fourth-order valence-corrected chi connectivity index (χ4v) is 3.84. The second-order valence-corrected chi connectivity index (χ2v) is 7.22. The molecule has 0 unspecified atom stereocenters. The number of ether oxygens (including phenoxy) is 2. The third-order valence-electron chi connectivity index (χ3n) is 5.32. The van der Waals surface area contributed by atoms with Crippen LogP contribution in [-0.2, 0) is 16.0 Å². The molecule has 0 bridgehead atoms. The van der Waals surface area contributed by atoms with Crippen LogP contribution in [0.4, 0.5) is 11.4 Å². The largest absolute Gasteiger partial charge is 0.483 e. The normalized spacial score (nSPS) is 19.0. The van der Waals surface area contributed by atoms with Crippen molar-refractivity contribution in [3.63, 3.8) is 0 Å². The lowest BCUT2D eigenvalue weighted by Gasteiger charge is -2.28. The molecule has 28 heavy (non-hydrogen) atoms. The zero-order valence-electron chi connectivity index (χ0n) is 15.9. The molecule has 6 heteroatoms. The highest BCUT2D eigenvalue weighted by Crippen LogP contribution is 2.35. The van der Waals surface area contributed by atoms with Gasteiger partial charge in [0.2, 0.25) is 0 Å². The van der Waals surface area contributed by atoms with E-state index in [2.05, 4.69) is 10.2 Å². The van der Waals surface area contributed by atoms with Gasteiger partial charge < -0.3 is 24.8 Å². The number of hydrogen-bond donors (Lipinski definition) is 2. The van der Waals surface area contributed by atoms with Crippen molar-refractivity contribution in [3.8, 4) is 5.75 Å². The van der Waals surface area contributed by atoms with E-state index in [-0.39, 0.29) is 12.5 Å². The molecule has 1 saturated heterocycles. The van der Waals surface area contributed by atoms with Gasteiger partial charge in [0.05, 0.1) is 19.3 Å². The standard InChI is InChI=1S/C22H26N2O4/c25-20-5-1-4-19-18(20)3-2-6-21(19)28-15-22(26)23-16-7-9-17(10-8-16)24-11-13-27-14-12-24/h2-3,6-10,20,25H,1,4-5,11-15H2,(H,23,26)/t20-/m1/s1. The van der Waals surface area contributed by atoms with Crippen molar-refractivity contribution in [2.24, 2.45) is 0 Å². The number of rotatable bonds is 5. The number of morpholine rings is 1. The summed E-state index contributed by atoms with van der Waals surface area (Å²) < 4.78 is 11.1. The van der Waals surface area contributed by atoms with Crippen LogP contribution in [0.1, 0.15) is 30.1 Å². The predicted molar refractivity (Wildman–Crippen MR) is 108 cm³/mol. The Bertz CT molecular complexity index is 816. The highest BCUT2D eigenvalue weighted by molar-refractivity contribution is 5.92. The van der Waals surface area contributed by atoms with Gasteiger partial charge in [-0.3, -0.25) is 4.79 Å². The van der Waals surface area contributed by atoms with Gasteiger partial charge in [-0.25, -0.2) is 0 Å². The summed E-state index contributed by atoms with van der Waals surface area (Å²) in [5.74, 6) is 0.488. The molecule has 2 aromatic carbocycles. The van der Waals surface area contributed by atoms with Gasteiger partial charge >= 0.3 is 0 Å². The summed E-state index contributed by atoms with van der Waals surface area (Å²) in [6, 6.07) is 13.5. The maximum Gasteiger partial charge on any atom is 0.262 e. The van der Waals surface area contributed by atoms with E-state index in [1.54, 1.807) is 0 Å². The summed E-state index contributed by atoms with van der Waals surface area (Å²) in [6.45, 7) is 3.20. The van der Waals surface area contributed by atoms with Crippen molar-refractivity contribution in [1.82, 2.24) is 0 Å². The van der Waals surface area contributed by atoms with Crippen LogP contribution in [0.5, 0.6) is 5.75 Å². The number of hydrogen-bond acceptors (Lipinski definition) is 5. The monoisotopic (exact) mass is 382 g/mol. The van der Waals surface area contributed by atoms with Crippen LogP contribution in [0.2, 0.25) is 0 Å². The van der Waals surface area contributed by atoms with Gasteiger partial charge in [-0.05, 0) is 60.7 Å². The molecule has 0 spiro atoms. The SMILES string of the molecule is O=C(COc1cccc2c1CCC[C@H]2O)Nc1ccc(N2CCOCC2)cc1. The molecule has 0 saturated carbocycles.